The molecule has 1 atom stereocenters. The van der Waals surface area contributed by atoms with Crippen molar-refractivity contribution in [2.45, 2.75) is 25.3 Å². The first-order valence-electron chi connectivity index (χ1n) is 10.5. The second kappa shape index (κ2) is 9.34. The number of phenolic OH excluding ortho intramolecular Hbond substituents is 1. The summed E-state index contributed by atoms with van der Waals surface area (Å²) in [5.74, 6) is -0.301. The Morgan fingerprint density at radius 3 is 2.90 bits per heavy atom. The number of phenols is 1. The predicted molar refractivity (Wildman–Crippen MR) is 119 cm³/mol. The van der Waals surface area contributed by atoms with Crippen LogP contribution in [0.25, 0.3) is 17.0 Å². The van der Waals surface area contributed by atoms with Gasteiger partial charge in [0.25, 0.3) is 5.91 Å². The van der Waals surface area contributed by atoms with Crippen molar-refractivity contribution in [2.24, 2.45) is 0 Å². The van der Waals surface area contributed by atoms with Gasteiger partial charge < -0.3 is 15.2 Å². The second-order valence-corrected chi connectivity index (χ2v) is 7.88. The number of nitrogens with one attached hydrogen (secondary N) is 2. The molecule has 7 nitrogen and oxygen atoms in total. The van der Waals surface area contributed by atoms with Gasteiger partial charge in [-0.05, 0) is 65.8 Å². The summed E-state index contributed by atoms with van der Waals surface area (Å²) in [4.78, 5) is 16.8. The largest absolute Gasteiger partial charge is 0.508 e. The van der Waals surface area contributed by atoms with Gasteiger partial charge in [0.1, 0.15) is 5.75 Å². The molecule has 0 fully saturated rings. The van der Waals surface area contributed by atoms with E-state index in [0.717, 1.165) is 47.8 Å². The number of H-pyrrole nitrogens is 1. The molecule has 0 saturated heterocycles. The molecule has 1 aliphatic carbocycles. The van der Waals surface area contributed by atoms with Crippen LogP contribution in [0.2, 0.25) is 0 Å². The quantitative estimate of drug-likeness (QED) is 0.218. The number of carbonyl (C=O) groups is 1. The van der Waals surface area contributed by atoms with E-state index in [0.29, 0.717) is 6.54 Å². The highest BCUT2D eigenvalue weighted by Crippen LogP contribution is 2.36. The van der Waals surface area contributed by atoms with Gasteiger partial charge in [-0.25, -0.2) is 5.48 Å². The molecule has 1 aromatic heterocycles. The van der Waals surface area contributed by atoms with Crippen LogP contribution < -0.4 is 5.48 Å². The van der Waals surface area contributed by atoms with E-state index in [2.05, 4.69) is 22.0 Å². The Morgan fingerprint density at radius 1 is 1.23 bits per heavy atom. The maximum Gasteiger partial charge on any atom is 0.267 e. The van der Waals surface area contributed by atoms with Crippen LogP contribution in [-0.2, 0) is 17.6 Å². The number of benzene rings is 2. The highest BCUT2D eigenvalue weighted by atomic mass is 16.5. The van der Waals surface area contributed by atoms with Crippen molar-refractivity contribution in [1.82, 2.24) is 15.4 Å². The molecular formula is C24H27N3O4. The van der Waals surface area contributed by atoms with Gasteiger partial charge in [0.15, 0.2) is 0 Å². The van der Waals surface area contributed by atoms with Crippen LogP contribution in [0.4, 0.5) is 0 Å². The van der Waals surface area contributed by atoms with Crippen LogP contribution in [0.15, 0.2) is 48.7 Å². The Hall–Kier alpha value is -3.13. The first-order valence-corrected chi connectivity index (χ1v) is 10.5. The monoisotopic (exact) mass is 421 g/mol. The average Bonchev–Trinajstić information content (AvgIpc) is 3.38. The lowest BCUT2D eigenvalue weighted by atomic mass is 10.0. The third-order valence-corrected chi connectivity index (χ3v) is 6.00. The fourth-order valence-corrected chi connectivity index (χ4v) is 4.50. The molecule has 5 N–H and O–H groups in total. The summed E-state index contributed by atoms with van der Waals surface area (Å²) in [5.41, 5.74) is 7.16. The summed E-state index contributed by atoms with van der Waals surface area (Å²) in [6.45, 7) is 1.49. The van der Waals surface area contributed by atoms with Gasteiger partial charge in [-0.1, -0.05) is 18.2 Å². The first kappa shape index (κ1) is 21.1. The minimum absolute atomic E-state index is 0.0948. The van der Waals surface area contributed by atoms with Gasteiger partial charge in [-0.2, -0.15) is 0 Å². The lowest BCUT2D eigenvalue weighted by molar-refractivity contribution is -0.124. The van der Waals surface area contributed by atoms with E-state index >= 15 is 0 Å². The van der Waals surface area contributed by atoms with Crippen molar-refractivity contribution >= 4 is 22.9 Å². The molecule has 2 aromatic carbocycles. The van der Waals surface area contributed by atoms with Crippen LogP contribution in [0, 0.1) is 0 Å². The standard InChI is InChI=1S/C24H27N3O4/c28-12-11-27(10-9-18-15-25-22-6-4-19(29)14-21(18)22)23-7-3-17-13-16(1-5-20(17)23)2-8-24(30)26-31/h1-2,4-6,8,13-15,23,25,28-29,31H,3,7,9-12H2,(H,26,30)/b8-2+. The number of hydrogen-bond donors (Lipinski definition) is 5. The van der Waals surface area contributed by atoms with Crippen molar-refractivity contribution in [3.05, 3.63) is 70.9 Å². The normalized spacial score (nSPS) is 15.8. The molecule has 0 radical (unpaired) electrons. The number of aromatic nitrogens is 1. The zero-order valence-corrected chi connectivity index (χ0v) is 17.2. The molecule has 1 amide bonds. The van der Waals surface area contributed by atoms with Crippen LogP contribution in [0.1, 0.15) is 34.7 Å². The third-order valence-electron chi connectivity index (χ3n) is 6.00. The molecule has 0 saturated carbocycles. The minimum atomic E-state index is -0.557. The maximum absolute atomic E-state index is 11.2. The van der Waals surface area contributed by atoms with Crippen molar-refractivity contribution in [2.75, 3.05) is 19.7 Å². The third kappa shape index (κ3) is 4.64. The summed E-state index contributed by atoms with van der Waals surface area (Å²) in [6.07, 6.45) is 7.70. The molecule has 31 heavy (non-hydrogen) atoms. The molecule has 3 aromatic rings. The van der Waals surface area contributed by atoms with Gasteiger partial charge in [-0.15, -0.1) is 0 Å². The Labute approximate surface area is 180 Å². The van der Waals surface area contributed by atoms with Crippen LogP contribution in [0.3, 0.4) is 0 Å². The number of hydroxylamine groups is 1. The topological polar surface area (TPSA) is 109 Å². The maximum atomic E-state index is 11.2. The number of aliphatic hydroxyl groups is 1. The van der Waals surface area contributed by atoms with Crippen LogP contribution in [0.5, 0.6) is 5.75 Å². The summed E-state index contributed by atoms with van der Waals surface area (Å²) < 4.78 is 0. The number of carbonyl (C=O) groups excluding carboxylic acids is 1. The Balaban J connectivity index is 1.50. The summed E-state index contributed by atoms with van der Waals surface area (Å²) in [6, 6.07) is 11.7. The zero-order valence-electron chi connectivity index (χ0n) is 17.2. The lowest BCUT2D eigenvalue weighted by Crippen LogP contribution is -2.32. The first-order chi connectivity index (χ1) is 15.1. The SMILES string of the molecule is O=C(/C=C/c1ccc2c(c1)CCC2N(CCO)CCc1c[nH]c2ccc(O)cc12)NO. The molecule has 1 unspecified atom stereocenters. The molecule has 0 aliphatic heterocycles. The molecule has 1 aliphatic rings. The number of rotatable bonds is 8. The second-order valence-electron chi connectivity index (χ2n) is 7.88. The summed E-state index contributed by atoms with van der Waals surface area (Å²) >= 11 is 0. The smallest absolute Gasteiger partial charge is 0.267 e. The molecule has 0 spiro atoms. The van der Waals surface area contributed by atoms with Gasteiger partial charge in [0.2, 0.25) is 0 Å². The molecule has 1 heterocycles. The number of aromatic amines is 1. The molecule has 4 rings (SSSR count). The molecule has 7 heteroatoms. The zero-order chi connectivity index (χ0) is 21.8. The van der Waals surface area contributed by atoms with E-state index in [1.807, 2.05) is 18.3 Å². The number of aryl methyl sites for hydroxylation is 1. The van der Waals surface area contributed by atoms with Crippen LogP contribution in [-0.4, -0.2) is 50.9 Å². The number of fused-ring (bicyclic) bond motifs is 2. The van der Waals surface area contributed by atoms with Crippen molar-refractivity contribution in [3.8, 4) is 5.75 Å². The van der Waals surface area contributed by atoms with E-state index in [4.69, 9.17) is 5.21 Å². The fraction of sp³-hybridized carbons (Fsp3) is 0.292. The highest BCUT2D eigenvalue weighted by molar-refractivity contribution is 5.90. The molecular weight excluding hydrogens is 394 g/mol. The van der Waals surface area contributed by atoms with E-state index in [1.54, 1.807) is 23.7 Å². The Kier molecular flexibility index (Phi) is 6.36. The highest BCUT2D eigenvalue weighted by Gasteiger charge is 2.27. The Morgan fingerprint density at radius 2 is 2.10 bits per heavy atom. The van der Waals surface area contributed by atoms with Gasteiger partial charge in [0, 0.05) is 42.3 Å². The minimum Gasteiger partial charge on any atom is -0.508 e. The molecule has 162 valence electrons. The van der Waals surface area contributed by atoms with Gasteiger partial charge in [0.05, 0.1) is 6.61 Å². The Bertz CT molecular complexity index is 1110. The fourth-order valence-electron chi connectivity index (χ4n) is 4.50. The summed E-state index contributed by atoms with van der Waals surface area (Å²) in [5, 5.41) is 29.1. The van der Waals surface area contributed by atoms with Gasteiger partial charge >= 0.3 is 0 Å². The molecule has 0 bridgehead atoms. The van der Waals surface area contributed by atoms with Gasteiger partial charge in [-0.3, -0.25) is 14.9 Å². The van der Waals surface area contributed by atoms with E-state index in [-0.39, 0.29) is 18.4 Å². The van der Waals surface area contributed by atoms with E-state index in [9.17, 15) is 15.0 Å². The summed E-state index contributed by atoms with van der Waals surface area (Å²) in [7, 11) is 0. The number of hydrogen-bond acceptors (Lipinski definition) is 5. The number of aromatic hydroxyl groups is 1. The van der Waals surface area contributed by atoms with E-state index in [1.165, 1.54) is 17.2 Å². The predicted octanol–water partition coefficient (Wildman–Crippen LogP) is 2.92. The number of nitrogens with zero attached hydrogens (tertiary/aromatic N) is 1. The van der Waals surface area contributed by atoms with Crippen LogP contribution >= 0.6 is 0 Å². The number of aliphatic hydroxyl groups excluding tert-OH is 1. The average molecular weight is 421 g/mol. The van der Waals surface area contributed by atoms with Crippen molar-refractivity contribution in [1.29, 1.82) is 0 Å². The van der Waals surface area contributed by atoms with Crippen molar-refractivity contribution < 1.29 is 20.2 Å². The lowest BCUT2D eigenvalue weighted by Gasteiger charge is -2.29. The van der Waals surface area contributed by atoms with E-state index < -0.39 is 5.91 Å². The van der Waals surface area contributed by atoms with Crippen molar-refractivity contribution in [3.63, 3.8) is 0 Å². The number of amides is 1.